The predicted octanol–water partition coefficient (Wildman–Crippen LogP) is 2.96. The highest BCUT2D eigenvalue weighted by atomic mass is 127. The van der Waals surface area contributed by atoms with Crippen LogP contribution in [-0.2, 0) is 0 Å². The molecule has 5 heteroatoms. The van der Waals surface area contributed by atoms with Gasteiger partial charge >= 0.3 is 0 Å². The third kappa shape index (κ3) is 3.43. The van der Waals surface area contributed by atoms with Crippen LogP contribution in [-0.4, -0.2) is 12.1 Å². The molecule has 0 bridgehead atoms. The fourth-order valence-corrected chi connectivity index (χ4v) is 1.70. The molecule has 0 unspecified atom stereocenters. The quantitative estimate of drug-likeness (QED) is 0.524. The molecular formula is C13H11IN2O2. The molecule has 1 aromatic carbocycles. The second-order valence-electron chi connectivity index (χ2n) is 3.65. The Morgan fingerprint density at radius 3 is 2.61 bits per heavy atom. The Morgan fingerprint density at radius 1 is 1.28 bits per heavy atom. The van der Waals surface area contributed by atoms with Gasteiger partial charge in [0, 0.05) is 9.13 Å². The first-order valence-corrected chi connectivity index (χ1v) is 6.38. The van der Waals surface area contributed by atoms with Crippen molar-refractivity contribution in [2.45, 2.75) is 6.92 Å². The Labute approximate surface area is 118 Å². The summed E-state index contributed by atoms with van der Waals surface area (Å²) in [5.74, 6) is 1.17. The van der Waals surface area contributed by atoms with Crippen LogP contribution in [0.4, 0.5) is 0 Å². The maximum Gasteiger partial charge on any atom is 0.271 e. The number of carbonyl (C=O) groups excluding carboxylic acids is 1. The highest BCUT2D eigenvalue weighted by Gasteiger charge is 2.03. The minimum Gasteiger partial charge on any atom is -0.460 e. The van der Waals surface area contributed by atoms with E-state index in [2.05, 4.69) is 33.1 Å². The molecule has 0 atom stereocenters. The lowest BCUT2D eigenvalue weighted by Gasteiger charge is -1.99. The molecular weight excluding hydrogens is 343 g/mol. The van der Waals surface area contributed by atoms with Crippen LogP contribution >= 0.6 is 22.6 Å². The molecule has 1 amide bonds. The first kappa shape index (κ1) is 12.8. The SMILES string of the molecule is Cc1ccc(/C=N\NC(=O)c2ccc(I)cc2)o1. The van der Waals surface area contributed by atoms with Crippen molar-refractivity contribution in [3.8, 4) is 0 Å². The van der Waals surface area contributed by atoms with Crippen LogP contribution in [0.25, 0.3) is 0 Å². The monoisotopic (exact) mass is 354 g/mol. The number of hydrogen-bond acceptors (Lipinski definition) is 3. The van der Waals surface area contributed by atoms with Gasteiger partial charge in [-0.1, -0.05) is 0 Å². The van der Waals surface area contributed by atoms with Crippen LogP contribution in [0, 0.1) is 10.5 Å². The lowest BCUT2D eigenvalue weighted by atomic mass is 10.2. The summed E-state index contributed by atoms with van der Waals surface area (Å²) in [5.41, 5.74) is 3.02. The molecule has 2 rings (SSSR count). The number of rotatable bonds is 3. The van der Waals surface area contributed by atoms with Crippen molar-refractivity contribution in [3.05, 3.63) is 57.1 Å². The van der Waals surface area contributed by atoms with Crippen LogP contribution in [0.3, 0.4) is 0 Å². The molecule has 4 nitrogen and oxygen atoms in total. The van der Waals surface area contributed by atoms with E-state index in [1.807, 2.05) is 25.1 Å². The molecule has 0 aliphatic rings. The van der Waals surface area contributed by atoms with Gasteiger partial charge < -0.3 is 4.42 Å². The number of carbonyl (C=O) groups is 1. The summed E-state index contributed by atoms with van der Waals surface area (Å²) < 4.78 is 6.37. The van der Waals surface area contributed by atoms with Gasteiger partial charge in [-0.15, -0.1) is 0 Å². The van der Waals surface area contributed by atoms with Gasteiger partial charge in [-0.05, 0) is 65.9 Å². The van der Waals surface area contributed by atoms with Crippen molar-refractivity contribution in [3.63, 3.8) is 0 Å². The van der Waals surface area contributed by atoms with Crippen LogP contribution in [0.1, 0.15) is 21.9 Å². The van der Waals surface area contributed by atoms with E-state index in [0.29, 0.717) is 11.3 Å². The minimum absolute atomic E-state index is 0.245. The zero-order valence-electron chi connectivity index (χ0n) is 9.68. The molecule has 0 saturated carbocycles. The molecule has 1 aromatic heterocycles. The molecule has 0 aliphatic heterocycles. The van der Waals surface area contributed by atoms with Gasteiger partial charge in [0.05, 0.1) is 6.21 Å². The molecule has 92 valence electrons. The number of benzene rings is 1. The summed E-state index contributed by atoms with van der Waals surface area (Å²) in [6.45, 7) is 1.85. The number of amides is 1. The third-order valence-electron chi connectivity index (χ3n) is 2.23. The summed E-state index contributed by atoms with van der Waals surface area (Å²) in [6, 6.07) is 10.9. The van der Waals surface area contributed by atoms with E-state index in [1.165, 1.54) is 6.21 Å². The molecule has 0 radical (unpaired) electrons. The fourth-order valence-electron chi connectivity index (χ4n) is 1.34. The smallest absolute Gasteiger partial charge is 0.271 e. The van der Waals surface area contributed by atoms with E-state index in [1.54, 1.807) is 18.2 Å². The fraction of sp³-hybridized carbons (Fsp3) is 0.0769. The molecule has 1 N–H and O–H groups in total. The Morgan fingerprint density at radius 2 is 2.00 bits per heavy atom. The van der Waals surface area contributed by atoms with Gasteiger partial charge in [-0.25, -0.2) is 5.43 Å². The van der Waals surface area contributed by atoms with Gasteiger partial charge in [0.25, 0.3) is 5.91 Å². The van der Waals surface area contributed by atoms with Crippen LogP contribution < -0.4 is 5.43 Å². The predicted molar refractivity (Wildman–Crippen MR) is 77.7 cm³/mol. The Kier molecular flexibility index (Phi) is 4.14. The standard InChI is InChI=1S/C13H11IN2O2/c1-9-2-7-12(18-9)8-15-16-13(17)10-3-5-11(14)6-4-10/h2-8H,1H3,(H,16,17)/b15-8-. The summed E-state index contributed by atoms with van der Waals surface area (Å²) in [7, 11) is 0. The lowest BCUT2D eigenvalue weighted by molar-refractivity contribution is 0.0955. The van der Waals surface area contributed by atoms with Crippen LogP contribution in [0.2, 0.25) is 0 Å². The van der Waals surface area contributed by atoms with Gasteiger partial charge in [-0.2, -0.15) is 5.10 Å². The summed E-state index contributed by atoms with van der Waals surface area (Å²) in [4.78, 5) is 11.7. The number of furan rings is 1. The zero-order chi connectivity index (χ0) is 13.0. The topological polar surface area (TPSA) is 54.6 Å². The number of nitrogens with zero attached hydrogens (tertiary/aromatic N) is 1. The van der Waals surface area contributed by atoms with Gasteiger partial charge in [0.1, 0.15) is 11.5 Å². The number of halogens is 1. The van der Waals surface area contributed by atoms with E-state index in [-0.39, 0.29) is 5.91 Å². The average molecular weight is 354 g/mol. The molecule has 2 aromatic rings. The first-order valence-electron chi connectivity index (χ1n) is 5.30. The van der Waals surface area contributed by atoms with Crippen molar-refractivity contribution >= 4 is 34.7 Å². The van der Waals surface area contributed by atoms with Gasteiger partial charge in [0.15, 0.2) is 0 Å². The Hall–Kier alpha value is -1.63. The van der Waals surface area contributed by atoms with Crippen LogP contribution in [0.15, 0.2) is 45.9 Å². The average Bonchev–Trinajstić information content (AvgIpc) is 2.76. The van der Waals surface area contributed by atoms with E-state index in [0.717, 1.165) is 9.33 Å². The van der Waals surface area contributed by atoms with E-state index >= 15 is 0 Å². The van der Waals surface area contributed by atoms with E-state index < -0.39 is 0 Å². The van der Waals surface area contributed by atoms with Crippen molar-refractivity contribution in [1.82, 2.24) is 5.43 Å². The van der Waals surface area contributed by atoms with Crippen molar-refractivity contribution in [1.29, 1.82) is 0 Å². The highest BCUT2D eigenvalue weighted by molar-refractivity contribution is 14.1. The third-order valence-corrected chi connectivity index (χ3v) is 2.94. The Balaban J connectivity index is 1.96. The second-order valence-corrected chi connectivity index (χ2v) is 4.90. The summed E-state index contributed by atoms with van der Waals surface area (Å²) in [5, 5.41) is 3.83. The van der Waals surface area contributed by atoms with E-state index in [4.69, 9.17) is 4.42 Å². The molecule has 0 aliphatic carbocycles. The second kappa shape index (κ2) is 5.81. The highest BCUT2D eigenvalue weighted by Crippen LogP contribution is 2.06. The maximum atomic E-state index is 11.7. The molecule has 0 fully saturated rings. The van der Waals surface area contributed by atoms with E-state index in [9.17, 15) is 4.79 Å². The van der Waals surface area contributed by atoms with Crippen LogP contribution in [0.5, 0.6) is 0 Å². The zero-order valence-corrected chi connectivity index (χ0v) is 11.8. The number of hydrogen-bond donors (Lipinski definition) is 1. The Bertz CT molecular complexity index is 573. The normalized spacial score (nSPS) is 10.8. The molecule has 0 spiro atoms. The summed E-state index contributed by atoms with van der Waals surface area (Å²) >= 11 is 2.18. The van der Waals surface area contributed by atoms with Crippen molar-refractivity contribution < 1.29 is 9.21 Å². The number of nitrogens with one attached hydrogen (secondary N) is 1. The van der Waals surface area contributed by atoms with Crippen molar-refractivity contribution in [2.75, 3.05) is 0 Å². The number of hydrazone groups is 1. The largest absolute Gasteiger partial charge is 0.460 e. The van der Waals surface area contributed by atoms with Gasteiger partial charge in [-0.3, -0.25) is 4.79 Å². The maximum absolute atomic E-state index is 11.7. The first-order chi connectivity index (χ1) is 8.65. The molecule has 0 saturated heterocycles. The molecule has 18 heavy (non-hydrogen) atoms. The van der Waals surface area contributed by atoms with Crippen molar-refractivity contribution in [2.24, 2.45) is 5.10 Å². The lowest BCUT2D eigenvalue weighted by Crippen LogP contribution is -2.17. The molecule has 1 heterocycles. The number of aryl methyl sites for hydroxylation is 1. The summed E-state index contributed by atoms with van der Waals surface area (Å²) in [6.07, 6.45) is 1.47. The minimum atomic E-state index is -0.245. The van der Waals surface area contributed by atoms with Gasteiger partial charge in [0.2, 0.25) is 0 Å².